The van der Waals surface area contributed by atoms with E-state index in [-0.39, 0.29) is 12.1 Å². The summed E-state index contributed by atoms with van der Waals surface area (Å²) in [6.07, 6.45) is 1.81. The Bertz CT molecular complexity index is 521. The van der Waals surface area contributed by atoms with Crippen molar-refractivity contribution in [3.63, 3.8) is 0 Å². The molecule has 1 aromatic carbocycles. The fraction of sp³-hybridized carbons (Fsp3) is 0.357. The lowest BCUT2D eigenvalue weighted by Crippen LogP contribution is -2.24. The van der Waals surface area contributed by atoms with Crippen LogP contribution in [0.1, 0.15) is 37.2 Å². The molecule has 0 aliphatic carbocycles. The number of hydrogen-bond donors (Lipinski definition) is 1. The van der Waals surface area contributed by atoms with Crippen LogP contribution in [0.15, 0.2) is 36.5 Å². The summed E-state index contributed by atoms with van der Waals surface area (Å²) in [5.74, 6) is 0. The molecule has 0 aliphatic rings. The topological polar surface area (TPSA) is 29.9 Å². The number of aromatic nitrogens is 2. The Labute approximate surface area is 113 Å². The van der Waals surface area contributed by atoms with Crippen molar-refractivity contribution >= 4 is 11.6 Å². The number of hydrogen-bond acceptors (Lipinski definition) is 2. The molecule has 0 saturated carbocycles. The zero-order chi connectivity index (χ0) is 13.1. The van der Waals surface area contributed by atoms with Crippen molar-refractivity contribution in [2.45, 2.75) is 25.9 Å². The average molecular weight is 264 g/mol. The second kappa shape index (κ2) is 5.55. The van der Waals surface area contributed by atoms with E-state index in [1.54, 1.807) is 0 Å². The molecule has 96 valence electrons. The Morgan fingerprint density at radius 3 is 2.50 bits per heavy atom. The summed E-state index contributed by atoms with van der Waals surface area (Å²) in [6.45, 7) is 4.25. The molecule has 2 atom stereocenters. The van der Waals surface area contributed by atoms with Crippen LogP contribution < -0.4 is 5.32 Å². The highest BCUT2D eigenvalue weighted by atomic mass is 35.5. The highest BCUT2D eigenvalue weighted by Gasteiger charge is 2.15. The van der Waals surface area contributed by atoms with E-state index >= 15 is 0 Å². The van der Waals surface area contributed by atoms with Gasteiger partial charge in [-0.15, -0.1) is 0 Å². The first kappa shape index (κ1) is 13.1. The maximum absolute atomic E-state index is 6.20. The van der Waals surface area contributed by atoms with Gasteiger partial charge in [0.05, 0.1) is 5.69 Å². The van der Waals surface area contributed by atoms with Crippen LogP contribution in [0.4, 0.5) is 0 Å². The predicted octanol–water partition coefficient (Wildman–Crippen LogP) is 3.49. The molecule has 0 aliphatic heterocycles. The van der Waals surface area contributed by atoms with Crippen LogP contribution in [0, 0.1) is 0 Å². The Kier molecular flexibility index (Phi) is 4.04. The molecule has 0 saturated heterocycles. The highest BCUT2D eigenvalue weighted by Crippen LogP contribution is 2.24. The van der Waals surface area contributed by atoms with Gasteiger partial charge < -0.3 is 5.32 Å². The Morgan fingerprint density at radius 1 is 1.17 bits per heavy atom. The Hall–Kier alpha value is -1.32. The van der Waals surface area contributed by atoms with Crippen molar-refractivity contribution < 1.29 is 0 Å². The van der Waals surface area contributed by atoms with Crippen LogP contribution in [-0.2, 0) is 7.05 Å². The quantitative estimate of drug-likeness (QED) is 0.915. The van der Waals surface area contributed by atoms with Gasteiger partial charge in [-0.05, 0) is 31.5 Å². The number of benzene rings is 1. The highest BCUT2D eigenvalue weighted by molar-refractivity contribution is 6.31. The largest absolute Gasteiger partial charge is 0.302 e. The van der Waals surface area contributed by atoms with E-state index in [2.05, 4.69) is 30.3 Å². The van der Waals surface area contributed by atoms with Crippen molar-refractivity contribution in [2.24, 2.45) is 7.05 Å². The van der Waals surface area contributed by atoms with Gasteiger partial charge in [0, 0.05) is 30.4 Å². The molecule has 0 amide bonds. The minimum atomic E-state index is 0.198. The van der Waals surface area contributed by atoms with E-state index in [1.165, 1.54) is 0 Å². The summed E-state index contributed by atoms with van der Waals surface area (Å²) >= 11 is 6.20. The molecule has 1 aromatic heterocycles. The van der Waals surface area contributed by atoms with E-state index in [4.69, 9.17) is 11.6 Å². The third-order valence-corrected chi connectivity index (χ3v) is 3.52. The first-order chi connectivity index (χ1) is 8.59. The summed E-state index contributed by atoms with van der Waals surface area (Å²) in [6, 6.07) is 10.4. The molecule has 3 nitrogen and oxygen atoms in total. The van der Waals surface area contributed by atoms with Crippen LogP contribution in [0.25, 0.3) is 0 Å². The molecule has 4 heteroatoms. The molecule has 0 spiro atoms. The number of rotatable bonds is 4. The third-order valence-electron chi connectivity index (χ3n) is 3.17. The van der Waals surface area contributed by atoms with Gasteiger partial charge in [0.1, 0.15) is 0 Å². The average Bonchev–Trinajstić information content (AvgIpc) is 2.76. The lowest BCUT2D eigenvalue weighted by Gasteiger charge is -2.21. The SMILES string of the molecule is CC(N[C@@H](C)c1ccccc1Cl)c1ccnn1C. The fourth-order valence-electron chi connectivity index (χ4n) is 2.19. The number of aryl methyl sites for hydroxylation is 1. The molecular weight excluding hydrogens is 246 g/mol. The predicted molar refractivity (Wildman–Crippen MR) is 74.6 cm³/mol. The minimum absolute atomic E-state index is 0.198. The van der Waals surface area contributed by atoms with Crippen LogP contribution in [-0.4, -0.2) is 9.78 Å². The van der Waals surface area contributed by atoms with Crippen molar-refractivity contribution in [1.82, 2.24) is 15.1 Å². The monoisotopic (exact) mass is 263 g/mol. The molecular formula is C14H18ClN3. The van der Waals surface area contributed by atoms with E-state index < -0.39 is 0 Å². The minimum Gasteiger partial charge on any atom is -0.302 e. The van der Waals surface area contributed by atoms with Crippen LogP contribution in [0.3, 0.4) is 0 Å². The van der Waals surface area contributed by atoms with Gasteiger partial charge in [-0.25, -0.2) is 0 Å². The Balaban J connectivity index is 2.11. The molecule has 1 heterocycles. The lowest BCUT2D eigenvalue weighted by molar-refractivity contribution is 0.469. The van der Waals surface area contributed by atoms with Gasteiger partial charge in [-0.1, -0.05) is 29.8 Å². The normalized spacial score (nSPS) is 14.4. The van der Waals surface area contributed by atoms with Crippen molar-refractivity contribution in [2.75, 3.05) is 0 Å². The first-order valence-corrected chi connectivity index (χ1v) is 6.45. The molecule has 2 rings (SSSR count). The van der Waals surface area contributed by atoms with E-state index in [1.807, 2.05) is 42.2 Å². The second-order valence-corrected chi connectivity index (χ2v) is 4.92. The van der Waals surface area contributed by atoms with Crippen LogP contribution in [0.2, 0.25) is 5.02 Å². The maximum atomic E-state index is 6.20. The summed E-state index contributed by atoms with van der Waals surface area (Å²) in [7, 11) is 1.95. The molecule has 1 unspecified atom stereocenters. The molecule has 0 bridgehead atoms. The Morgan fingerprint density at radius 2 is 1.89 bits per heavy atom. The van der Waals surface area contributed by atoms with E-state index in [0.717, 1.165) is 16.3 Å². The zero-order valence-corrected chi connectivity index (χ0v) is 11.6. The van der Waals surface area contributed by atoms with Gasteiger partial charge in [-0.2, -0.15) is 5.10 Å². The molecule has 18 heavy (non-hydrogen) atoms. The van der Waals surface area contributed by atoms with Crippen molar-refractivity contribution in [1.29, 1.82) is 0 Å². The smallest absolute Gasteiger partial charge is 0.0547 e. The summed E-state index contributed by atoms with van der Waals surface area (Å²) in [5, 5.41) is 8.52. The van der Waals surface area contributed by atoms with Crippen molar-refractivity contribution in [3.8, 4) is 0 Å². The molecule has 1 N–H and O–H groups in total. The standard InChI is InChI=1S/C14H18ClN3/c1-10(12-6-4-5-7-13(12)15)17-11(2)14-8-9-16-18(14)3/h4-11,17H,1-3H3/t10-,11?/m0/s1. The summed E-state index contributed by atoms with van der Waals surface area (Å²) in [4.78, 5) is 0. The molecule has 0 radical (unpaired) electrons. The van der Waals surface area contributed by atoms with Crippen LogP contribution >= 0.6 is 11.6 Å². The van der Waals surface area contributed by atoms with Gasteiger partial charge in [0.15, 0.2) is 0 Å². The first-order valence-electron chi connectivity index (χ1n) is 6.08. The molecule has 2 aromatic rings. The lowest BCUT2D eigenvalue weighted by atomic mass is 10.1. The van der Waals surface area contributed by atoms with Gasteiger partial charge in [-0.3, -0.25) is 4.68 Å². The van der Waals surface area contributed by atoms with Gasteiger partial charge >= 0.3 is 0 Å². The number of nitrogens with one attached hydrogen (secondary N) is 1. The van der Waals surface area contributed by atoms with Gasteiger partial charge in [0.25, 0.3) is 0 Å². The van der Waals surface area contributed by atoms with Crippen LogP contribution in [0.5, 0.6) is 0 Å². The number of nitrogens with zero attached hydrogens (tertiary/aromatic N) is 2. The third kappa shape index (κ3) is 2.74. The van der Waals surface area contributed by atoms with E-state index in [9.17, 15) is 0 Å². The maximum Gasteiger partial charge on any atom is 0.0547 e. The fourth-order valence-corrected chi connectivity index (χ4v) is 2.48. The molecule has 0 fully saturated rings. The van der Waals surface area contributed by atoms with Crippen molar-refractivity contribution in [3.05, 3.63) is 52.8 Å². The number of halogens is 1. The second-order valence-electron chi connectivity index (χ2n) is 4.51. The zero-order valence-electron chi connectivity index (χ0n) is 10.9. The summed E-state index contributed by atoms with van der Waals surface area (Å²) < 4.78 is 1.89. The van der Waals surface area contributed by atoms with E-state index in [0.29, 0.717) is 0 Å². The van der Waals surface area contributed by atoms with Gasteiger partial charge in [0.2, 0.25) is 0 Å². The summed E-state index contributed by atoms with van der Waals surface area (Å²) in [5.41, 5.74) is 2.28.